The number of pyridine rings is 1. The minimum absolute atomic E-state index is 0.190. The summed E-state index contributed by atoms with van der Waals surface area (Å²) in [5.74, 6) is 2.01. The Morgan fingerprint density at radius 2 is 1.29 bits per heavy atom. The standard InChI is InChI=1S/C31H32ClN9/c32-23-11-7-22(8-12-23)26-19-25(28(34)27(20-33)36-26)21-9-13-24(14-10-21)35-29-37-30(40-15-3-1-4-16-40)39-31(38-29)41-17-5-2-6-18-41/h7-14,19H,1-6,15-18,34H2,(H,35,37,38,39). The third-order valence-corrected chi connectivity index (χ3v) is 7.90. The number of aromatic nitrogens is 4. The zero-order chi connectivity index (χ0) is 28.2. The Morgan fingerprint density at radius 1 is 0.732 bits per heavy atom. The number of nitrogens with one attached hydrogen (secondary N) is 1. The Balaban J connectivity index is 1.29. The SMILES string of the molecule is N#Cc1nc(-c2ccc(Cl)cc2)cc(-c2ccc(Nc3nc(N4CCCCC4)nc(N4CCCCC4)n3)cc2)c1N. The predicted molar refractivity (Wildman–Crippen MR) is 164 cm³/mol. The second-order valence-electron chi connectivity index (χ2n) is 10.5. The van der Waals surface area contributed by atoms with Gasteiger partial charge in [-0.1, -0.05) is 35.9 Å². The Bertz CT molecular complexity index is 1520. The molecule has 0 saturated carbocycles. The van der Waals surface area contributed by atoms with Crippen LogP contribution in [0.3, 0.4) is 0 Å². The maximum atomic E-state index is 9.70. The van der Waals surface area contributed by atoms with Crippen molar-refractivity contribution in [3.05, 3.63) is 65.3 Å². The summed E-state index contributed by atoms with van der Waals surface area (Å²) < 4.78 is 0. The lowest BCUT2D eigenvalue weighted by Crippen LogP contribution is -2.34. The van der Waals surface area contributed by atoms with Crippen molar-refractivity contribution in [2.24, 2.45) is 0 Å². The number of nitrogens with zero attached hydrogens (tertiary/aromatic N) is 7. The van der Waals surface area contributed by atoms with Crippen LogP contribution in [0.4, 0.5) is 29.2 Å². The van der Waals surface area contributed by atoms with Gasteiger partial charge in [0.05, 0.1) is 11.4 Å². The van der Waals surface area contributed by atoms with Crippen LogP contribution in [0.5, 0.6) is 0 Å². The summed E-state index contributed by atoms with van der Waals surface area (Å²) in [7, 11) is 0. The number of hydrogen-bond donors (Lipinski definition) is 2. The second-order valence-corrected chi connectivity index (χ2v) is 10.9. The summed E-state index contributed by atoms with van der Waals surface area (Å²) in [5, 5.41) is 13.7. The van der Waals surface area contributed by atoms with Crippen molar-refractivity contribution in [2.45, 2.75) is 38.5 Å². The molecule has 0 aliphatic carbocycles. The number of nitrogen functional groups attached to an aromatic ring is 1. The van der Waals surface area contributed by atoms with Crippen LogP contribution >= 0.6 is 11.6 Å². The van der Waals surface area contributed by atoms with E-state index in [0.29, 0.717) is 22.4 Å². The topological polar surface area (TPSA) is 120 Å². The highest BCUT2D eigenvalue weighted by atomic mass is 35.5. The molecule has 9 nitrogen and oxygen atoms in total. The van der Waals surface area contributed by atoms with E-state index in [2.05, 4.69) is 26.2 Å². The molecule has 2 aliphatic rings. The highest BCUT2D eigenvalue weighted by Gasteiger charge is 2.21. The third-order valence-electron chi connectivity index (χ3n) is 7.65. The van der Waals surface area contributed by atoms with E-state index in [0.717, 1.165) is 86.1 Å². The molecule has 4 heterocycles. The Kier molecular flexibility index (Phi) is 7.83. The first-order chi connectivity index (χ1) is 20.1. The lowest BCUT2D eigenvalue weighted by atomic mass is 10.00. The fourth-order valence-corrected chi connectivity index (χ4v) is 5.52. The molecule has 2 aromatic heterocycles. The van der Waals surface area contributed by atoms with Crippen molar-refractivity contribution >= 4 is 40.8 Å². The molecule has 6 rings (SSSR count). The van der Waals surface area contributed by atoms with Gasteiger partial charge in [0.15, 0.2) is 5.69 Å². The van der Waals surface area contributed by atoms with E-state index in [1.165, 1.54) is 12.8 Å². The first-order valence-electron chi connectivity index (χ1n) is 14.2. The minimum Gasteiger partial charge on any atom is -0.396 e. The van der Waals surface area contributed by atoms with Crippen LogP contribution in [0.15, 0.2) is 54.6 Å². The van der Waals surface area contributed by atoms with Gasteiger partial charge in [-0.15, -0.1) is 0 Å². The first-order valence-corrected chi connectivity index (χ1v) is 14.6. The molecule has 208 valence electrons. The van der Waals surface area contributed by atoms with Crippen LogP contribution in [0.1, 0.15) is 44.2 Å². The van der Waals surface area contributed by atoms with Gasteiger partial charge in [0.1, 0.15) is 6.07 Å². The molecule has 2 aliphatic heterocycles. The summed E-state index contributed by atoms with van der Waals surface area (Å²) in [4.78, 5) is 23.5. The van der Waals surface area contributed by atoms with Crippen molar-refractivity contribution in [1.82, 2.24) is 19.9 Å². The number of rotatable bonds is 6. The van der Waals surface area contributed by atoms with E-state index >= 15 is 0 Å². The van der Waals surface area contributed by atoms with Crippen LogP contribution in [0, 0.1) is 11.3 Å². The zero-order valence-corrected chi connectivity index (χ0v) is 23.6. The van der Waals surface area contributed by atoms with Crippen LogP contribution in [0.25, 0.3) is 22.4 Å². The molecule has 41 heavy (non-hydrogen) atoms. The number of hydrogen-bond acceptors (Lipinski definition) is 9. The maximum Gasteiger partial charge on any atom is 0.233 e. The molecule has 0 bridgehead atoms. The lowest BCUT2D eigenvalue weighted by Gasteiger charge is -2.30. The van der Waals surface area contributed by atoms with E-state index < -0.39 is 0 Å². The van der Waals surface area contributed by atoms with Crippen LogP contribution in [0.2, 0.25) is 5.02 Å². The molecule has 4 aromatic rings. The van der Waals surface area contributed by atoms with Gasteiger partial charge in [-0.05, 0) is 74.4 Å². The van der Waals surface area contributed by atoms with E-state index in [-0.39, 0.29) is 5.69 Å². The van der Waals surface area contributed by atoms with Crippen LogP contribution in [-0.2, 0) is 0 Å². The molecule has 0 atom stereocenters. The molecular formula is C31H32ClN9. The Labute approximate surface area is 245 Å². The quantitative estimate of drug-likeness (QED) is 0.272. The predicted octanol–water partition coefficient (Wildman–Crippen LogP) is 6.43. The van der Waals surface area contributed by atoms with E-state index in [1.807, 2.05) is 42.5 Å². The summed E-state index contributed by atoms with van der Waals surface area (Å²) in [6, 6.07) is 19.3. The molecule has 3 N–H and O–H groups in total. The fraction of sp³-hybridized carbons (Fsp3) is 0.323. The number of piperidine rings is 2. The Morgan fingerprint density at radius 3 is 1.85 bits per heavy atom. The Hall–Kier alpha value is -4.42. The summed E-state index contributed by atoms with van der Waals surface area (Å²) in [6.45, 7) is 3.86. The van der Waals surface area contributed by atoms with Gasteiger partial charge in [-0.2, -0.15) is 20.2 Å². The first kappa shape index (κ1) is 26.8. The van der Waals surface area contributed by atoms with Gasteiger partial charge < -0.3 is 20.9 Å². The largest absolute Gasteiger partial charge is 0.396 e. The monoisotopic (exact) mass is 565 g/mol. The fourth-order valence-electron chi connectivity index (χ4n) is 5.39. The number of anilines is 5. The molecule has 0 unspecified atom stereocenters. The number of halogens is 1. The van der Waals surface area contributed by atoms with Gasteiger partial charge in [-0.25, -0.2) is 4.98 Å². The van der Waals surface area contributed by atoms with Gasteiger partial charge in [0.25, 0.3) is 0 Å². The van der Waals surface area contributed by atoms with E-state index in [9.17, 15) is 5.26 Å². The van der Waals surface area contributed by atoms with Gasteiger partial charge in [0, 0.05) is 48.0 Å². The van der Waals surface area contributed by atoms with Gasteiger partial charge >= 0.3 is 0 Å². The third kappa shape index (κ3) is 6.03. The molecule has 2 aromatic carbocycles. The van der Waals surface area contributed by atoms with Crippen molar-refractivity contribution in [1.29, 1.82) is 5.26 Å². The minimum atomic E-state index is 0.190. The molecule has 2 fully saturated rings. The molecule has 0 amide bonds. The molecule has 0 radical (unpaired) electrons. The number of nitriles is 1. The maximum absolute atomic E-state index is 9.70. The molecular weight excluding hydrogens is 534 g/mol. The molecule has 10 heteroatoms. The van der Waals surface area contributed by atoms with Crippen molar-refractivity contribution in [2.75, 3.05) is 47.0 Å². The highest BCUT2D eigenvalue weighted by Crippen LogP contribution is 2.33. The van der Waals surface area contributed by atoms with E-state index in [1.54, 1.807) is 12.1 Å². The zero-order valence-electron chi connectivity index (χ0n) is 22.9. The summed E-state index contributed by atoms with van der Waals surface area (Å²) in [5.41, 5.74) is 10.9. The van der Waals surface area contributed by atoms with Crippen LogP contribution < -0.4 is 20.9 Å². The summed E-state index contributed by atoms with van der Waals surface area (Å²) in [6.07, 6.45) is 7.11. The van der Waals surface area contributed by atoms with Gasteiger partial charge in [0.2, 0.25) is 17.8 Å². The van der Waals surface area contributed by atoms with E-state index in [4.69, 9.17) is 32.3 Å². The smallest absolute Gasteiger partial charge is 0.233 e. The second kappa shape index (κ2) is 12.0. The summed E-state index contributed by atoms with van der Waals surface area (Å²) >= 11 is 6.06. The molecule has 2 saturated heterocycles. The van der Waals surface area contributed by atoms with Gasteiger partial charge in [-0.3, -0.25) is 0 Å². The lowest BCUT2D eigenvalue weighted by molar-refractivity contribution is 0.556. The van der Waals surface area contributed by atoms with Crippen LogP contribution in [-0.4, -0.2) is 46.1 Å². The van der Waals surface area contributed by atoms with Crippen molar-refractivity contribution in [3.63, 3.8) is 0 Å². The highest BCUT2D eigenvalue weighted by molar-refractivity contribution is 6.30. The number of nitrogens with two attached hydrogens (primary N) is 1. The molecule has 0 spiro atoms. The van der Waals surface area contributed by atoms with Crippen molar-refractivity contribution < 1.29 is 0 Å². The van der Waals surface area contributed by atoms with Crippen molar-refractivity contribution in [3.8, 4) is 28.5 Å². The average molecular weight is 566 g/mol. The number of benzene rings is 2. The average Bonchev–Trinajstić information content (AvgIpc) is 3.03. The normalized spacial score (nSPS) is 15.4.